The van der Waals surface area contributed by atoms with Crippen molar-refractivity contribution in [1.82, 2.24) is 4.73 Å². The van der Waals surface area contributed by atoms with Crippen LogP contribution in [0.4, 0.5) is 0 Å². The Hall–Kier alpha value is -2.55. The third kappa shape index (κ3) is 1.86. The largest absolute Gasteiger partial charge is 0.411 e. The van der Waals surface area contributed by atoms with E-state index in [2.05, 4.69) is 25.1 Å². The topological polar surface area (TPSA) is 31.2 Å². The van der Waals surface area contributed by atoms with Crippen LogP contribution in [0.25, 0.3) is 21.9 Å². The average molecular weight is 291 g/mol. The van der Waals surface area contributed by atoms with E-state index in [1.807, 2.05) is 30.3 Å². The summed E-state index contributed by atoms with van der Waals surface area (Å²) in [5.74, 6) is 0. The zero-order valence-electron chi connectivity index (χ0n) is 12.5. The number of benzene rings is 2. The van der Waals surface area contributed by atoms with Gasteiger partial charge in [0.05, 0.1) is 11.1 Å². The average Bonchev–Trinajstić information content (AvgIpc) is 2.57. The summed E-state index contributed by atoms with van der Waals surface area (Å²) in [4.78, 5) is 18.4. The number of aromatic nitrogens is 1. The zero-order valence-corrected chi connectivity index (χ0v) is 12.5. The molecule has 1 aliphatic heterocycles. The highest BCUT2D eigenvalue weighted by Crippen LogP contribution is 2.33. The normalized spacial score (nSPS) is 13.7. The molecule has 110 valence electrons. The van der Waals surface area contributed by atoms with Gasteiger partial charge in [-0.3, -0.25) is 4.79 Å². The Kier molecular flexibility index (Phi) is 3.00. The molecule has 1 aromatic heterocycles. The van der Waals surface area contributed by atoms with Crippen LogP contribution in [0.2, 0.25) is 0 Å². The summed E-state index contributed by atoms with van der Waals surface area (Å²) in [5.41, 5.74) is 4.34. The van der Waals surface area contributed by atoms with Crippen LogP contribution >= 0.6 is 0 Å². The summed E-state index contributed by atoms with van der Waals surface area (Å²) in [6, 6.07) is 16.2. The second-order valence-corrected chi connectivity index (χ2v) is 5.72. The third-order valence-electron chi connectivity index (χ3n) is 4.31. The van der Waals surface area contributed by atoms with E-state index in [-0.39, 0.29) is 5.56 Å². The van der Waals surface area contributed by atoms with Crippen LogP contribution in [-0.4, -0.2) is 11.3 Å². The van der Waals surface area contributed by atoms with Crippen molar-refractivity contribution in [2.45, 2.75) is 19.8 Å². The predicted molar refractivity (Wildman–Crippen MR) is 88.1 cm³/mol. The lowest BCUT2D eigenvalue weighted by molar-refractivity contribution is 0.0750. The summed E-state index contributed by atoms with van der Waals surface area (Å²) in [7, 11) is 0. The van der Waals surface area contributed by atoms with Crippen molar-refractivity contribution in [3.8, 4) is 11.1 Å². The molecule has 22 heavy (non-hydrogen) atoms. The molecule has 3 aromatic rings. The fraction of sp³-hybridized carbons (Fsp3) is 0.211. The fourth-order valence-corrected chi connectivity index (χ4v) is 3.33. The Bertz CT molecular complexity index is 910. The Balaban J connectivity index is 2.22. The maximum absolute atomic E-state index is 12.7. The number of hydrogen-bond donors (Lipinski definition) is 0. The van der Waals surface area contributed by atoms with Gasteiger partial charge < -0.3 is 4.84 Å². The van der Waals surface area contributed by atoms with E-state index >= 15 is 0 Å². The molecule has 3 heteroatoms. The van der Waals surface area contributed by atoms with Gasteiger partial charge in [0.25, 0.3) is 5.56 Å². The third-order valence-corrected chi connectivity index (χ3v) is 4.31. The molecule has 0 spiro atoms. The monoisotopic (exact) mass is 291 g/mol. The van der Waals surface area contributed by atoms with E-state index in [4.69, 9.17) is 4.84 Å². The first-order valence-electron chi connectivity index (χ1n) is 7.63. The van der Waals surface area contributed by atoms with Gasteiger partial charge in [0.1, 0.15) is 6.61 Å². The number of nitrogens with zero attached hydrogens (tertiary/aromatic N) is 1. The minimum atomic E-state index is -0.0481. The summed E-state index contributed by atoms with van der Waals surface area (Å²) < 4.78 is 1.51. The van der Waals surface area contributed by atoms with E-state index in [0.717, 1.165) is 46.0 Å². The van der Waals surface area contributed by atoms with Crippen LogP contribution in [0.1, 0.15) is 17.7 Å². The van der Waals surface area contributed by atoms with Gasteiger partial charge in [0.15, 0.2) is 0 Å². The molecule has 2 heterocycles. The molecule has 3 nitrogen and oxygen atoms in total. The van der Waals surface area contributed by atoms with Crippen LogP contribution in [0.3, 0.4) is 0 Å². The SMILES string of the molecule is Cc1cccc2c(=O)n3c(c(-c4ccccc4)c12)CCCO3. The van der Waals surface area contributed by atoms with Gasteiger partial charge in [-0.05, 0) is 42.3 Å². The van der Waals surface area contributed by atoms with Crippen LogP contribution in [0.15, 0.2) is 53.3 Å². The number of rotatable bonds is 1. The summed E-state index contributed by atoms with van der Waals surface area (Å²) >= 11 is 0. The molecule has 0 atom stereocenters. The van der Waals surface area contributed by atoms with E-state index < -0.39 is 0 Å². The second kappa shape index (κ2) is 5.02. The predicted octanol–water partition coefficient (Wildman–Crippen LogP) is 3.35. The van der Waals surface area contributed by atoms with Crippen LogP contribution in [-0.2, 0) is 6.42 Å². The maximum atomic E-state index is 12.7. The Morgan fingerprint density at radius 3 is 2.68 bits per heavy atom. The van der Waals surface area contributed by atoms with Crippen LogP contribution in [0.5, 0.6) is 0 Å². The van der Waals surface area contributed by atoms with E-state index in [1.54, 1.807) is 0 Å². The van der Waals surface area contributed by atoms with E-state index in [9.17, 15) is 4.79 Å². The van der Waals surface area contributed by atoms with Crippen molar-refractivity contribution in [3.63, 3.8) is 0 Å². The first-order valence-corrected chi connectivity index (χ1v) is 7.63. The Morgan fingerprint density at radius 1 is 1.05 bits per heavy atom. The molecule has 0 radical (unpaired) electrons. The second-order valence-electron chi connectivity index (χ2n) is 5.72. The number of fused-ring (bicyclic) bond motifs is 2. The molecule has 0 saturated heterocycles. The van der Waals surface area contributed by atoms with Crippen molar-refractivity contribution in [2.75, 3.05) is 6.61 Å². The van der Waals surface area contributed by atoms with E-state index in [1.165, 1.54) is 4.73 Å². The van der Waals surface area contributed by atoms with Crippen molar-refractivity contribution in [3.05, 3.63) is 70.1 Å². The molecule has 0 fully saturated rings. The lowest BCUT2D eigenvalue weighted by Gasteiger charge is -2.24. The summed E-state index contributed by atoms with van der Waals surface area (Å²) in [5, 5.41) is 1.78. The van der Waals surface area contributed by atoms with Crippen molar-refractivity contribution >= 4 is 10.8 Å². The van der Waals surface area contributed by atoms with Gasteiger partial charge in [-0.25, -0.2) is 0 Å². The molecular formula is C19H17NO2. The van der Waals surface area contributed by atoms with Crippen LogP contribution in [0, 0.1) is 6.92 Å². The molecule has 0 aliphatic carbocycles. The molecule has 0 unspecified atom stereocenters. The van der Waals surface area contributed by atoms with Crippen molar-refractivity contribution < 1.29 is 4.84 Å². The highest BCUT2D eigenvalue weighted by molar-refractivity contribution is 5.99. The first-order chi connectivity index (χ1) is 10.8. The van der Waals surface area contributed by atoms with Gasteiger partial charge in [-0.2, -0.15) is 0 Å². The molecular weight excluding hydrogens is 274 g/mol. The Morgan fingerprint density at radius 2 is 1.86 bits per heavy atom. The first kappa shape index (κ1) is 13.1. The summed E-state index contributed by atoms with van der Waals surface area (Å²) in [6.07, 6.45) is 1.81. The quantitative estimate of drug-likeness (QED) is 0.688. The van der Waals surface area contributed by atoms with Gasteiger partial charge >= 0.3 is 0 Å². The molecule has 0 N–H and O–H groups in total. The van der Waals surface area contributed by atoms with Gasteiger partial charge in [-0.1, -0.05) is 42.5 Å². The fourth-order valence-electron chi connectivity index (χ4n) is 3.33. The molecule has 2 aromatic carbocycles. The lowest BCUT2D eigenvalue weighted by atomic mass is 9.92. The van der Waals surface area contributed by atoms with Gasteiger partial charge in [0, 0.05) is 5.56 Å². The molecule has 1 aliphatic rings. The Labute approximate surface area is 128 Å². The summed E-state index contributed by atoms with van der Waals surface area (Å²) in [6.45, 7) is 2.66. The smallest absolute Gasteiger partial charge is 0.291 e. The molecule has 4 rings (SSSR count). The number of pyridine rings is 1. The zero-order chi connectivity index (χ0) is 15.1. The number of hydrogen-bond acceptors (Lipinski definition) is 2. The maximum Gasteiger partial charge on any atom is 0.291 e. The molecule has 0 amide bonds. The van der Waals surface area contributed by atoms with E-state index in [0.29, 0.717) is 6.61 Å². The van der Waals surface area contributed by atoms with Crippen LogP contribution < -0.4 is 10.4 Å². The van der Waals surface area contributed by atoms with Crippen molar-refractivity contribution in [2.24, 2.45) is 0 Å². The molecule has 0 saturated carbocycles. The minimum absolute atomic E-state index is 0.0481. The van der Waals surface area contributed by atoms with Crippen molar-refractivity contribution in [1.29, 1.82) is 0 Å². The standard InChI is InChI=1S/C19H17NO2/c1-13-7-5-10-15-17(13)18(14-8-3-2-4-9-14)16-11-6-12-22-20(16)19(15)21/h2-5,7-10H,6,11-12H2,1H3. The van der Waals surface area contributed by atoms with Gasteiger partial charge in [0.2, 0.25) is 0 Å². The molecule has 0 bridgehead atoms. The number of aryl methyl sites for hydroxylation is 1. The highest BCUT2D eigenvalue weighted by Gasteiger charge is 2.22. The minimum Gasteiger partial charge on any atom is -0.411 e. The lowest BCUT2D eigenvalue weighted by Crippen LogP contribution is -2.35. The highest BCUT2D eigenvalue weighted by atomic mass is 16.7. The van der Waals surface area contributed by atoms with Gasteiger partial charge in [-0.15, -0.1) is 4.73 Å².